The summed E-state index contributed by atoms with van der Waals surface area (Å²) in [6.07, 6.45) is 1.46. The zero-order valence-electron chi connectivity index (χ0n) is 18.0. The molecule has 2 N–H and O–H groups in total. The van der Waals surface area contributed by atoms with Crippen LogP contribution >= 0.6 is 0 Å². The van der Waals surface area contributed by atoms with Gasteiger partial charge in [-0.25, -0.2) is 4.68 Å². The molecule has 0 saturated heterocycles. The fourth-order valence-electron chi connectivity index (χ4n) is 3.72. The van der Waals surface area contributed by atoms with Crippen molar-refractivity contribution in [3.63, 3.8) is 0 Å². The van der Waals surface area contributed by atoms with Gasteiger partial charge in [0.1, 0.15) is 12.4 Å². The Kier molecular flexibility index (Phi) is 5.62. The number of allylic oxidation sites excluding steroid dienone is 1. The van der Waals surface area contributed by atoms with E-state index in [9.17, 15) is 4.79 Å². The molecule has 1 unspecified atom stereocenters. The lowest BCUT2D eigenvalue weighted by Gasteiger charge is -2.30. The second kappa shape index (κ2) is 8.51. The highest BCUT2D eigenvalue weighted by Gasteiger charge is 2.36. The molecule has 3 aromatic rings. The first kappa shape index (κ1) is 20.5. The van der Waals surface area contributed by atoms with E-state index in [1.165, 1.54) is 6.33 Å². The van der Waals surface area contributed by atoms with Gasteiger partial charge in [0, 0.05) is 16.9 Å². The Labute approximate surface area is 180 Å². The monoisotopic (exact) mass is 419 g/mol. The molecule has 2 heterocycles. The molecule has 1 atom stereocenters. The predicted octanol–water partition coefficient (Wildman–Crippen LogP) is 3.92. The molecule has 0 radical (unpaired) electrons. The van der Waals surface area contributed by atoms with Crippen molar-refractivity contribution in [1.29, 1.82) is 0 Å². The zero-order valence-corrected chi connectivity index (χ0v) is 18.0. The minimum absolute atomic E-state index is 0.231. The minimum atomic E-state index is -0.541. The smallest absolute Gasteiger partial charge is 0.255 e. The van der Waals surface area contributed by atoms with Crippen LogP contribution in [0.3, 0.4) is 0 Å². The van der Waals surface area contributed by atoms with Crippen LogP contribution in [-0.2, 0) is 4.79 Å². The summed E-state index contributed by atoms with van der Waals surface area (Å²) in [4.78, 5) is 17.8. The van der Waals surface area contributed by atoms with E-state index in [4.69, 9.17) is 9.47 Å². The van der Waals surface area contributed by atoms with E-state index in [-0.39, 0.29) is 5.91 Å². The van der Waals surface area contributed by atoms with E-state index in [2.05, 4.69) is 20.7 Å². The van der Waals surface area contributed by atoms with Gasteiger partial charge in [-0.2, -0.15) is 10.1 Å². The first-order valence-corrected chi connectivity index (χ1v) is 10.1. The molecule has 1 amide bonds. The highest BCUT2D eigenvalue weighted by atomic mass is 16.5. The van der Waals surface area contributed by atoms with Crippen molar-refractivity contribution >= 4 is 17.5 Å². The number of amides is 1. The van der Waals surface area contributed by atoms with Crippen LogP contribution in [0, 0.1) is 6.92 Å². The maximum atomic E-state index is 13.5. The summed E-state index contributed by atoms with van der Waals surface area (Å²) >= 11 is 0. The van der Waals surface area contributed by atoms with Crippen LogP contribution in [0.5, 0.6) is 11.5 Å². The average Bonchev–Trinajstić information content (AvgIpc) is 3.22. The molecular weight excluding hydrogens is 394 g/mol. The Morgan fingerprint density at radius 2 is 1.97 bits per heavy atom. The fourth-order valence-corrected chi connectivity index (χ4v) is 3.72. The first-order valence-electron chi connectivity index (χ1n) is 10.1. The number of rotatable bonds is 6. The molecule has 1 aliphatic rings. The van der Waals surface area contributed by atoms with Crippen LogP contribution in [0.2, 0.25) is 0 Å². The van der Waals surface area contributed by atoms with Gasteiger partial charge in [0.15, 0.2) is 11.5 Å². The van der Waals surface area contributed by atoms with Gasteiger partial charge in [-0.1, -0.05) is 29.8 Å². The van der Waals surface area contributed by atoms with Crippen molar-refractivity contribution in [3.8, 4) is 11.5 Å². The number of benzene rings is 2. The van der Waals surface area contributed by atoms with E-state index >= 15 is 0 Å². The standard InChI is InChI=1S/C23H25N5O3/c1-5-31-21-17(7-6-8-18(21)30-4)20-19(15(3)26-23-24-13-25-28(20)23)22(29)27-16-11-9-14(2)10-12-16/h6-13,20H,5H2,1-4H3,(H,27,29)(H,24,25,26). The molecule has 0 saturated carbocycles. The van der Waals surface area contributed by atoms with E-state index in [1.54, 1.807) is 11.8 Å². The van der Waals surface area contributed by atoms with E-state index in [0.717, 1.165) is 16.8 Å². The lowest BCUT2D eigenvalue weighted by molar-refractivity contribution is -0.113. The van der Waals surface area contributed by atoms with Crippen molar-refractivity contribution < 1.29 is 14.3 Å². The Balaban J connectivity index is 1.82. The average molecular weight is 419 g/mol. The number of aryl methyl sites for hydroxylation is 1. The molecule has 0 bridgehead atoms. The second-order valence-electron chi connectivity index (χ2n) is 7.23. The number of para-hydroxylation sites is 1. The fraction of sp³-hybridized carbons (Fsp3) is 0.261. The summed E-state index contributed by atoms with van der Waals surface area (Å²) in [5.41, 5.74) is 3.82. The molecule has 8 nitrogen and oxygen atoms in total. The molecule has 0 fully saturated rings. The van der Waals surface area contributed by atoms with Gasteiger partial charge < -0.3 is 20.1 Å². The predicted molar refractivity (Wildman–Crippen MR) is 118 cm³/mol. The molecule has 31 heavy (non-hydrogen) atoms. The van der Waals surface area contributed by atoms with Crippen LogP contribution in [0.25, 0.3) is 0 Å². The topological polar surface area (TPSA) is 90.3 Å². The van der Waals surface area contributed by atoms with Crippen molar-refractivity contribution in [2.24, 2.45) is 0 Å². The number of carbonyl (C=O) groups is 1. The first-order chi connectivity index (χ1) is 15.0. The third-order valence-corrected chi connectivity index (χ3v) is 5.16. The van der Waals surface area contributed by atoms with E-state index < -0.39 is 6.04 Å². The molecular formula is C23H25N5O3. The van der Waals surface area contributed by atoms with Crippen LogP contribution < -0.4 is 20.1 Å². The molecule has 160 valence electrons. The quantitative estimate of drug-likeness (QED) is 0.629. The number of ether oxygens (including phenoxy) is 2. The number of fused-ring (bicyclic) bond motifs is 1. The number of methoxy groups -OCH3 is 1. The van der Waals surface area contributed by atoms with Crippen LogP contribution in [0.4, 0.5) is 11.6 Å². The Morgan fingerprint density at radius 1 is 1.19 bits per heavy atom. The summed E-state index contributed by atoms with van der Waals surface area (Å²) < 4.78 is 13.2. The molecule has 4 rings (SSSR count). The number of carbonyl (C=O) groups excluding carboxylic acids is 1. The lowest BCUT2D eigenvalue weighted by atomic mass is 9.94. The molecule has 1 aliphatic heterocycles. The summed E-state index contributed by atoms with van der Waals surface area (Å²) in [6.45, 7) is 6.22. The van der Waals surface area contributed by atoms with Crippen molar-refractivity contribution in [3.05, 3.63) is 71.2 Å². The number of nitrogens with one attached hydrogen (secondary N) is 2. The van der Waals surface area contributed by atoms with Gasteiger partial charge >= 0.3 is 0 Å². The maximum absolute atomic E-state index is 13.5. The molecule has 2 aromatic carbocycles. The summed E-state index contributed by atoms with van der Waals surface area (Å²) in [6, 6.07) is 12.8. The van der Waals surface area contributed by atoms with Gasteiger partial charge in [-0.15, -0.1) is 0 Å². The van der Waals surface area contributed by atoms with Crippen molar-refractivity contribution in [2.45, 2.75) is 26.8 Å². The summed E-state index contributed by atoms with van der Waals surface area (Å²) in [7, 11) is 1.59. The number of nitrogens with zero attached hydrogens (tertiary/aromatic N) is 3. The molecule has 1 aromatic heterocycles. The number of anilines is 2. The number of hydrogen-bond donors (Lipinski definition) is 2. The summed E-state index contributed by atoms with van der Waals surface area (Å²) in [5, 5.41) is 10.6. The highest BCUT2D eigenvalue weighted by molar-refractivity contribution is 6.06. The normalized spacial score (nSPS) is 15.2. The molecule has 0 spiro atoms. The van der Waals surface area contributed by atoms with E-state index in [1.807, 2.05) is 63.2 Å². The number of aromatic nitrogens is 3. The van der Waals surface area contributed by atoms with Crippen LogP contribution in [0.15, 0.2) is 60.1 Å². The van der Waals surface area contributed by atoms with Crippen molar-refractivity contribution in [2.75, 3.05) is 24.4 Å². The van der Waals surface area contributed by atoms with Crippen LogP contribution in [-0.4, -0.2) is 34.4 Å². The third-order valence-electron chi connectivity index (χ3n) is 5.16. The Hall–Kier alpha value is -3.81. The van der Waals surface area contributed by atoms with Gasteiger partial charge in [0.25, 0.3) is 5.91 Å². The summed E-state index contributed by atoms with van der Waals surface area (Å²) in [5.74, 6) is 1.50. The van der Waals surface area contributed by atoms with E-state index in [0.29, 0.717) is 35.3 Å². The van der Waals surface area contributed by atoms with Crippen LogP contribution in [0.1, 0.15) is 31.0 Å². The highest BCUT2D eigenvalue weighted by Crippen LogP contribution is 2.42. The Morgan fingerprint density at radius 3 is 2.68 bits per heavy atom. The van der Waals surface area contributed by atoms with Gasteiger partial charge in [-0.05, 0) is 39.0 Å². The third kappa shape index (κ3) is 3.84. The maximum Gasteiger partial charge on any atom is 0.255 e. The van der Waals surface area contributed by atoms with Gasteiger partial charge in [0.2, 0.25) is 5.95 Å². The molecule has 0 aliphatic carbocycles. The van der Waals surface area contributed by atoms with Crippen molar-refractivity contribution in [1.82, 2.24) is 14.8 Å². The molecule has 8 heteroatoms. The van der Waals surface area contributed by atoms with Gasteiger partial charge in [-0.3, -0.25) is 4.79 Å². The zero-order chi connectivity index (χ0) is 22.0. The lowest BCUT2D eigenvalue weighted by Crippen LogP contribution is -2.31. The second-order valence-corrected chi connectivity index (χ2v) is 7.23. The largest absolute Gasteiger partial charge is 0.493 e. The minimum Gasteiger partial charge on any atom is -0.493 e. The number of hydrogen-bond acceptors (Lipinski definition) is 6. The SMILES string of the molecule is CCOc1c(OC)cccc1C1C(C(=O)Nc2ccc(C)cc2)=C(C)Nc2ncnn21. The van der Waals surface area contributed by atoms with Gasteiger partial charge in [0.05, 0.1) is 19.3 Å². The Bertz CT molecular complexity index is 1130.